The van der Waals surface area contributed by atoms with Crippen LogP contribution in [0.25, 0.3) is 0 Å². The fraction of sp³-hybridized carbons (Fsp3) is 0.294. The Hall–Kier alpha value is -1.52. The largest absolute Gasteiger partial charge is 0.301 e. The molecule has 0 aromatic heterocycles. The molecule has 0 radical (unpaired) electrons. The molecule has 0 heterocycles. The van der Waals surface area contributed by atoms with E-state index in [-0.39, 0.29) is 21.4 Å². The van der Waals surface area contributed by atoms with Crippen LogP contribution in [0.15, 0.2) is 52.3 Å². The van der Waals surface area contributed by atoms with Gasteiger partial charge in [0.15, 0.2) is 9.84 Å². The first-order valence-electron chi connectivity index (χ1n) is 7.83. The normalized spacial score (nSPS) is 13.7. The summed E-state index contributed by atoms with van der Waals surface area (Å²) in [6.07, 6.45) is 0.978. The zero-order valence-electron chi connectivity index (χ0n) is 15.0. The van der Waals surface area contributed by atoms with E-state index in [2.05, 4.69) is 4.72 Å². The maximum atomic E-state index is 13.5. The second-order valence-electron chi connectivity index (χ2n) is 6.25. The summed E-state index contributed by atoms with van der Waals surface area (Å²) in [5, 5.41) is -0.0953. The van der Waals surface area contributed by atoms with Crippen molar-refractivity contribution in [1.29, 1.82) is 0 Å². The Morgan fingerprint density at radius 1 is 1.11 bits per heavy atom. The molecule has 0 aliphatic carbocycles. The van der Waals surface area contributed by atoms with Gasteiger partial charge in [0.1, 0.15) is 10.7 Å². The first-order valence-corrected chi connectivity index (χ1v) is 11.6. The van der Waals surface area contributed by atoms with Crippen molar-refractivity contribution in [3.63, 3.8) is 0 Å². The third-order valence-corrected chi connectivity index (χ3v) is 6.96. The minimum atomic E-state index is -4.09. The molecule has 1 atom stereocenters. The van der Waals surface area contributed by atoms with Crippen molar-refractivity contribution in [3.8, 4) is 0 Å². The van der Waals surface area contributed by atoms with Gasteiger partial charge in [0, 0.05) is 18.8 Å². The predicted octanol–water partition coefficient (Wildman–Crippen LogP) is 2.46. The summed E-state index contributed by atoms with van der Waals surface area (Å²) >= 11 is 5.97. The summed E-state index contributed by atoms with van der Waals surface area (Å²) in [6, 6.07) is 8.92. The smallest absolute Gasteiger partial charge is 0.242 e. The Morgan fingerprint density at radius 3 is 2.33 bits per heavy atom. The van der Waals surface area contributed by atoms with Gasteiger partial charge < -0.3 is 4.90 Å². The molecule has 0 spiro atoms. The maximum Gasteiger partial charge on any atom is 0.242 e. The van der Waals surface area contributed by atoms with Crippen LogP contribution < -0.4 is 4.72 Å². The number of likely N-dealkylation sites (N-methyl/N-ethyl adjacent to an activating group) is 1. The Bertz CT molecular complexity index is 1040. The summed E-state index contributed by atoms with van der Waals surface area (Å²) in [5.41, 5.74) is 0.596. The standard InChI is InChI=1S/C17H20ClFN2O4S2/c1-21(2)16(12-5-4-6-13(19)9-12)11-20-27(24,25)17-10-14(26(3,22)23)7-8-15(17)18/h4-10,16,20H,11H2,1-3H3. The van der Waals surface area contributed by atoms with E-state index in [4.69, 9.17) is 11.6 Å². The van der Waals surface area contributed by atoms with E-state index in [0.717, 1.165) is 12.3 Å². The lowest BCUT2D eigenvalue weighted by Crippen LogP contribution is -2.34. The average Bonchev–Trinajstić information content (AvgIpc) is 2.53. The van der Waals surface area contributed by atoms with Crippen LogP contribution in [-0.4, -0.2) is 48.6 Å². The molecular formula is C17H20ClFN2O4S2. The van der Waals surface area contributed by atoms with E-state index in [0.29, 0.717) is 5.56 Å². The monoisotopic (exact) mass is 434 g/mol. The summed E-state index contributed by atoms with van der Waals surface area (Å²) < 4.78 is 64.7. The van der Waals surface area contributed by atoms with Gasteiger partial charge in [-0.25, -0.2) is 25.9 Å². The predicted molar refractivity (Wildman–Crippen MR) is 103 cm³/mol. The number of hydrogen-bond donors (Lipinski definition) is 1. The molecule has 0 fully saturated rings. The van der Waals surface area contributed by atoms with E-state index in [1.165, 1.54) is 24.3 Å². The lowest BCUT2D eigenvalue weighted by atomic mass is 10.1. The van der Waals surface area contributed by atoms with E-state index < -0.39 is 31.7 Å². The van der Waals surface area contributed by atoms with Crippen LogP contribution in [0.5, 0.6) is 0 Å². The molecule has 0 aliphatic rings. The average molecular weight is 435 g/mol. The molecule has 10 heteroatoms. The highest BCUT2D eigenvalue weighted by Crippen LogP contribution is 2.26. The van der Waals surface area contributed by atoms with Crippen LogP contribution in [0.1, 0.15) is 11.6 Å². The Kier molecular flexibility index (Phi) is 6.64. The van der Waals surface area contributed by atoms with Gasteiger partial charge in [-0.3, -0.25) is 0 Å². The van der Waals surface area contributed by atoms with Gasteiger partial charge in [-0.1, -0.05) is 23.7 Å². The topological polar surface area (TPSA) is 83.6 Å². The molecule has 0 bridgehead atoms. The van der Waals surface area contributed by atoms with Gasteiger partial charge in [0.2, 0.25) is 10.0 Å². The van der Waals surface area contributed by atoms with Crippen LogP contribution >= 0.6 is 11.6 Å². The highest BCUT2D eigenvalue weighted by Gasteiger charge is 2.23. The first kappa shape index (κ1) is 21.8. The van der Waals surface area contributed by atoms with Crippen molar-refractivity contribution in [2.45, 2.75) is 15.8 Å². The van der Waals surface area contributed by atoms with Crippen LogP contribution in [0.4, 0.5) is 4.39 Å². The lowest BCUT2D eigenvalue weighted by molar-refractivity contribution is 0.299. The molecule has 0 amide bonds. The SMILES string of the molecule is CN(C)C(CNS(=O)(=O)c1cc(S(C)(=O)=O)ccc1Cl)c1cccc(F)c1. The van der Waals surface area contributed by atoms with E-state index >= 15 is 0 Å². The minimum Gasteiger partial charge on any atom is -0.301 e. The molecule has 1 unspecified atom stereocenters. The Morgan fingerprint density at radius 2 is 1.78 bits per heavy atom. The van der Waals surface area contributed by atoms with Crippen molar-refractivity contribution in [1.82, 2.24) is 9.62 Å². The van der Waals surface area contributed by atoms with Gasteiger partial charge in [0.25, 0.3) is 0 Å². The number of benzene rings is 2. The fourth-order valence-electron chi connectivity index (χ4n) is 2.50. The van der Waals surface area contributed by atoms with Crippen LogP contribution in [0, 0.1) is 5.82 Å². The number of hydrogen-bond acceptors (Lipinski definition) is 5. The van der Waals surface area contributed by atoms with Gasteiger partial charge in [-0.05, 0) is 50.0 Å². The molecule has 27 heavy (non-hydrogen) atoms. The van der Waals surface area contributed by atoms with Gasteiger partial charge in [0.05, 0.1) is 9.92 Å². The number of rotatable bonds is 7. The quantitative estimate of drug-likeness (QED) is 0.723. The lowest BCUT2D eigenvalue weighted by Gasteiger charge is -2.25. The summed E-state index contributed by atoms with van der Waals surface area (Å²) in [7, 11) is -4.21. The van der Waals surface area contributed by atoms with Crippen LogP contribution in [-0.2, 0) is 19.9 Å². The summed E-state index contributed by atoms with van der Waals surface area (Å²) in [5.74, 6) is -0.425. The molecule has 1 N–H and O–H groups in total. The number of halogens is 2. The van der Waals surface area contributed by atoms with Crippen LogP contribution in [0.2, 0.25) is 5.02 Å². The zero-order chi connectivity index (χ0) is 20.4. The molecule has 0 aliphatic heterocycles. The number of nitrogens with zero attached hydrogens (tertiary/aromatic N) is 1. The van der Waals surface area contributed by atoms with Gasteiger partial charge in [-0.2, -0.15) is 0 Å². The molecule has 0 saturated carbocycles. The van der Waals surface area contributed by atoms with Crippen LogP contribution in [0.3, 0.4) is 0 Å². The van der Waals surface area contributed by atoms with E-state index in [1.54, 1.807) is 31.1 Å². The van der Waals surface area contributed by atoms with Crippen molar-refractivity contribution < 1.29 is 21.2 Å². The van der Waals surface area contributed by atoms with E-state index in [1.807, 2.05) is 0 Å². The first-order chi connectivity index (χ1) is 12.4. The molecular weight excluding hydrogens is 415 g/mol. The molecule has 148 valence electrons. The Balaban J connectivity index is 2.33. The summed E-state index contributed by atoms with van der Waals surface area (Å²) in [6.45, 7) is -0.0573. The second-order valence-corrected chi connectivity index (χ2v) is 10.4. The summed E-state index contributed by atoms with van der Waals surface area (Å²) in [4.78, 5) is 1.26. The number of sulfonamides is 1. The molecule has 2 rings (SSSR count). The van der Waals surface area contributed by atoms with Gasteiger partial charge in [-0.15, -0.1) is 0 Å². The van der Waals surface area contributed by atoms with E-state index in [9.17, 15) is 21.2 Å². The fourth-order valence-corrected chi connectivity index (χ4v) is 4.78. The second kappa shape index (κ2) is 8.24. The highest BCUT2D eigenvalue weighted by atomic mass is 35.5. The third-order valence-electron chi connectivity index (χ3n) is 3.94. The van der Waals surface area contributed by atoms with Gasteiger partial charge >= 0.3 is 0 Å². The Labute approximate surface area is 163 Å². The maximum absolute atomic E-state index is 13.5. The minimum absolute atomic E-state index is 0.0573. The third kappa shape index (κ3) is 5.49. The number of nitrogens with one attached hydrogen (secondary N) is 1. The van der Waals surface area contributed by atoms with Crippen molar-refractivity contribution in [2.75, 3.05) is 26.9 Å². The highest BCUT2D eigenvalue weighted by molar-refractivity contribution is 7.91. The van der Waals surface area contributed by atoms with Crippen molar-refractivity contribution in [2.24, 2.45) is 0 Å². The number of sulfone groups is 1. The molecule has 2 aromatic carbocycles. The zero-order valence-corrected chi connectivity index (χ0v) is 17.4. The molecule has 6 nitrogen and oxygen atoms in total. The molecule has 0 saturated heterocycles. The van der Waals surface area contributed by atoms with Crippen molar-refractivity contribution in [3.05, 3.63) is 58.9 Å². The molecule has 2 aromatic rings. The van der Waals surface area contributed by atoms with Crippen molar-refractivity contribution >= 4 is 31.5 Å².